The number of furan rings is 1. The summed E-state index contributed by atoms with van der Waals surface area (Å²) in [5.74, 6) is -0.527. The fourth-order valence-corrected chi connectivity index (χ4v) is 1.41. The predicted octanol–water partition coefficient (Wildman–Crippen LogP) is 2.25. The van der Waals surface area contributed by atoms with Crippen molar-refractivity contribution in [1.82, 2.24) is 0 Å². The number of nitrogens with zero attached hydrogens (tertiary/aromatic N) is 1. The Labute approximate surface area is 89.2 Å². The highest BCUT2D eigenvalue weighted by atomic mass is 16.6. The van der Waals surface area contributed by atoms with Crippen molar-refractivity contribution in [3.8, 4) is 5.75 Å². The second-order valence-corrected chi connectivity index (χ2v) is 3.27. The Bertz CT molecular complexity index is 599. The van der Waals surface area contributed by atoms with E-state index in [2.05, 4.69) is 0 Å². The normalized spacial score (nSPS) is 10.6. The summed E-state index contributed by atoms with van der Waals surface area (Å²) in [4.78, 5) is 21.1. The molecule has 2 rings (SSSR count). The van der Waals surface area contributed by atoms with Crippen molar-refractivity contribution >= 4 is 22.4 Å². The molecule has 6 heteroatoms. The second kappa shape index (κ2) is 3.34. The topological polar surface area (TPSA) is 93.6 Å². The van der Waals surface area contributed by atoms with Crippen LogP contribution in [0, 0.1) is 10.1 Å². The van der Waals surface area contributed by atoms with E-state index in [1.165, 1.54) is 19.1 Å². The molecule has 0 saturated carbocycles. The van der Waals surface area contributed by atoms with Crippen molar-refractivity contribution in [3.05, 3.63) is 34.1 Å². The summed E-state index contributed by atoms with van der Waals surface area (Å²) >= 11 is 0. The van der Waals surface area contributed by atoms with E-state index in [-0.39, 0.29) is 33.9 Å². The van der Waals surface area contributed by atoms with Gasteiger partial charge in [0.05, 0.1) is 10.3 Å². The third-order valence-corrected chi connectivity index (χ3v) is 2.18. The number of non-ortho nitro benzene ring substituents is 1. The van der Waals surface area contributed by atoms with E-state index < -0.39 is 4.92 Å². The van der Waals surface area contributed by atoms with Gasteiger partial charge < -0.3 is 9.52 Å². The summed E-state index contributed by atoms with van der Waals surface area (Å²) in [5.41, 5.74) is -0.365. The highest BCUT2D eigenvalue weighted by Gasteiger charge is 2.20. The van der Waals surface area contributed by atoms with Crippen LogP contribution in [0.2, 0.25) is 0 Å². The van der Waals surface area contributed by atoms with Crippen LogP contribution in [0.1, 0.15) is 17.5 Å². The molecule has 1 N–H and O–H groups in total. The minimum absolute atomic E-state index is 0.0143. The van der Waals surface area contributed by atoms with E-state index in [4.69, 9.17) is 4.42 Å². The van der Waals surface area contributed by atoms with Gasteiger partial charge in [-0.3, -0.25) is 14.9 Å². The molecule has 0 aliphatic carbocycles. The van der Waals surface area contributed by atoms with Gasteiger partial charge in [-0.05, 0) is 12.1 Å². The van der Waals surface area contributed by atoms with Gasteiger partial charge in [0.1, 0.15) is 5.75 Å². The average molecular weight is 221 g/mol. The smallest absolute Gasteiger partial charge is 0.312 e. The first-order chi connectivity index (χ1) is 7.50. The van der Waals surface area contributed by atoms with Gasteiger partial charge in [-0.15, -0.1) is 0 Å². The quantitative estimate of drug-likeness (QED) is 0.476. The number of Topliss-reactive ketones (excluding diaryl/α,β-unsaturated/α-hetero) is 1. The van der Waals surface area contributed by atoms with E-state index in [1.807, 2.05) is 0 Å². The zero-order chi connectivity index (χ0) is 11.9. The van der Waals surface area contributed by atoms with Crippen molar-refractivity contribution in [2.75, 3.05) is 0 Å². The van der Waals surface area contributed by atoms with Crippen LogP contribution in [0.25, 0.3) is 11.0 Å². The molecule has 0 aliphatic rings. The Kier molecular flexibility index (Phi) is 2.12. The number of phenolic OH excluding ortho intramolecular Hbond substituents is 1. The molecule has 2 aromatic rings. The molecule has 6 nitrogen and oxygen atoms in total. The number of hydrogen-bond acceptors (Lipinski definition) is 5. The molecule has 1 heterocycles. The second-order valence-electron chi connectivity index (χ2n) is 3.27. The first kappa shape index (κ1) is 10.2. The van der Waals surface area contributed by atoms with Crippen molar-refractivity contribution in [3.63, 3.8) is 0 Å². The summed E-state index contributed by atoms with van der Waals surface area (Å²) in [7, 11) is 0. The van der Waals surface area contributed by atoms with Crippen LogP contribution >= 0.6 is 0 Å². The maximum absolute atomic E-state index is 11.1. The molecule has 0 saturated heterocycles. The summed E-state index contributed by atoms with van der Waals surface area (Å²) in [6, 6.07) is 3.62. The molecule has 1 aromatic carbocycles. The van der Waals surface area contributed by atoms with Crippen LogP contribution in [-0.2, 0) is 0 Å². The highest BCUT2D eigenvalue weighted by molar-refractivity contribution is 5.99. The van der Waals surface area contributed by atoms with Gasteiger partial charge in [0.15, 0.2) is 11.5 Å². The van der Waals surface area contributed by atoms with Crippen molar-refractivity contribution in [1.29, 1.82) is 0 Å². The van der Waals surface area contributed by atoms with Gasteiger partial charge in [0.2, 0.25) is 5.58 Å². The van der Waals surface area contributed by atoms with Crippen molar-refractivity contribution < 1.29 is 19.2 Å². The number of benzene rings is 1. The summed E-state index contributed by atoms with van der Waals surface area (Å²) < 4.78 is 5.05. The molecule has 0 unspecified atom stereocenters. The Balaban J connectivity index is 2.82. The lowest BCUT2D eigenvalue weighted by Crippen LogP contribution is -1.88. The molecular weight excluding hydrogens is 214 g/mol. The zero-order valence-corrected chi connectivity index (χ0v) is 8.26. The first-order valence-electron chi connectivity index (χ1n) is 4.41. The number of nitro groups is 1. The number of rotatable bonds is 2. The van der Waals surface area contributed by atoms with Crippen LogP contribution in [0.15, 0.2) is 22.6 Å². The molecule has 0 spiro atoms. The number of nitro benzene ring substituents is 1. The van der Waals surface area contributed by atoms with Crippen LogP contribution in [0.3, 0.4) is 0 Å². The summed E-state index contributed by atoms with van der Waals surface area (Å²) in [6.45, 7) is 1.28. The lowest BCUT2D eigenvalue weighted by atomic mass is 10.2. The monoisotopic (exact) mass is 221 g/mol. The maximum Gasteiger partial charge on any atom is 0.312 e. The van der Waals surface area contributed by atoms with E-state index in [0.717, 1.165) is 6.07 Å². The van der Waals surface area contributed by atoms with E-state index in [9.17, 15) is 20.0 Å². The van der Waals surface area contributed by atoms with Crippen LogP contribution in [-0.4, -0.2) is 15.8 Å². The SMILES string of the molecule is CC(=O)c1cc2c(O)ccc([N+](=O)[O-])c2o1. The molecule has 0 fully saturated rings. The third kappa shape index (κ3) is 1.40. The van der Waals surface area contributed by atoms with Crippen LogP contribution in [0.4, 0.5) is 5.69 Å². The number of carbonyl (C=O) groups excluding carboxylic acids is 1. The van der Waals surface area contributed by atoms with E-state index in [1.54, 1.807) is 0 Å². The van der Waals surface area contributed by atoms with Gasteiger partial charge in [0.25, 0.3) is 0 Å². The van der Waals surface area contributed by atoms with Gasteiger partial charge in [-0.2, -0.15) is 0 Å². The molecule has 0 amide bonds. The molecule has 0 atom stereocenters. The lowest BCUT2D eigenvalue weighted by molar-refractivity contribution is -0.383. The number of aromatic hydroxyl groups is 1. The Morgan fingerprint density at radius 1 is 1.50 bits per heavy atom. The highest BCUT2D eigenvalue weighted by Crippen LogP contribution is 2.34. The summed E-state index contributed by atoms with van der Waals surface area (Å²) in [6.07, 6.45) is 0. The molecule has 0 aliphatic heterocycles. The molecule has 16 heavy (non-hydrogen) atoms. The Hall–Kier alpha value is -2.37. The molecule has 82 valence electrons. The maximum atomic E-state index is 11.1. The minimum Gasteiger partial charge on any atom is -0.507 e. The minimum atomic E-state index is -0.630. The molecule has 1 aromatic heterocycles. The van der Waals surface area contributed by atoms with Crippen molar-refractivity contribution in [2.45, 2.75) is 6.92 Å². The van der Waals surface area contributed by atoms with Gasteiger partial charge in [-0.1, -0.05) is 0 Å². The van der Waals surface area contributed by atoms with Gasteiger partial charge in [-0.25, -0.2) is 0 Å². The number of phenols is 1. The average Bonchev–Trinajstić information content (AvgIpc) is 2.62. The van der Waals surface area contributed by atoms with Gasteiger partial charge >= 0.3 is 5.69 Å². The van der Waals surface area contributed by atoms with Crippen LogP contribution in [0.5, 0.6) is 5.75 Å². The number of carbonyl (C=O) groups is 1. The number of hydrogen-bond donors (Lipinski definition) is 1. The Morgan fingerprint density at radius 2 is 2.19 bits per heavy atom. The molecule has 0 bridgehead atoms. The third-order valence-electron chi connectivity index (χ3n) is 2.18. The van der Waals surface area contributed by atoms with E-state index in [0.29, 0.717) is 0 Å². The standard InChI is InChI=1S/C10H7NO5/c1-5(12)9-4-6-8(13)3-2-7(11(14)15)10(6)16-9/h2-4,13H,1H3. The number of fused-ring (bicyclic) bond motifs is 1. The number of ketones is 1. The molecular formula is C10H7NO5. The van der Waals surface area contributed by atoms with Gasteiger partial charge in [0, 0.05) is 13.0 Å². The molecule has 0 radical (unpaired) electrons. The van der Waals surface area contributed by atoms with E-state index >= 15 is 0 Å². The lowest BCUT2D eigenvalue weighted by Gasteiger charge is -1.94. The largest absolute Gasteiger partial charge is 0.507 e. The zero-order valence-electron chi connectivity index (χ0n) is 8.26. The van der Waals surface area contributed by atoms with Crippen LogP contribution < -0.4 is 0 Å². The van der Waals surface area contributed by atoms with Crippen molar-refractivity contribution in [2.24, 2.45) is 0 Å². The fraction of sp³-hybridized carbons (Fsp3) is 0.100. The fourth-order valence-electron chi connectivity index (χ4n) is 1.41. The summed E-state index contributed by atoms with van der Waals surface area (Å²) in [5, 5.41) is 20.3. The Morgan fingerprint density at radius 3 is 2.75 bits per heavy atom. The first-order valence-corrected chi connectivity index (χ1v) is 4.41. The predicted molar refractivity (Wildman–Crippen MR) is 54.5 cm³/mol.